The van der Waals surface area contributed by atoms with Crippen molar-refractivity contribution in [3.8, 4) is 74.1 Å². The standard InChI is InChI=1S/C57H33N5/c58-34-41-31-39(48-33-47(37-15-5-1-6-16-37)50(35-59)55(51(48)36-60)38-17-7-2-8-18-38)25-27-44(41)40-26-29-53-49(32-40)45-28-30-54-56(57(45)62(53)43-21-11-4-12-22-43)46-23-13-14-24-52(46)61(54)42-19-9-3-10-20-42/h1-33H. The summed E-state index contributed by atoms with van der Waals surface area (Å²) in [5, 5.41) is 36.7. The maximum atomic E-state index is 10.8. The summed E-state index contributed by atoms with van der Waals surface area (Å²) in [6, 6.07) is 75.1. The minimum absolute atomic E-state index is 0.388. The van der Waals surface area contributed by atoms with Gasteiger partial charge in [0, 0.05) is 49.6 Å². The molecular formula is C57H33N5. The van der Waals surface area contributed by atoms with Crippen molar-refractivity contribution in [2.45, 2.75) is 0 Å². The fraction of sp³-hybridized carbons (Fsp3) is 0. The summed E-state index contributed by atoms with van der Waals surface area (Å²) >= 11 is 0. The Bertz CT molecular complexity index is 3690. The minimum Gasteiger partial charge on any atom is -0.309 e. The number of para-hydroxylation sites is 3. The number of hydrogen-bond donors (Lipinski definition) is 0. The molecule has 2 aromatic heterocycles. The SMILES string of the molecule is N#Cc1cc(-c2cc(-c3ccccc3)c(C#N)c(-c3ccccc3)c2C#N)ccc1-c1ccc2c(c1)c1ccc3c(c4ccccc4n3-c3ccccc3)c1n2-c1ccccc1. The van der Waals surface area contributed by atoms with Crippen molar-refractivity contribution in [3.05, 3.63) is 217 Å². The quantitative estimate of drug-likeness (QED) is 0.168. The van der Waals surface area contributed by atoms with E-state index in [-0.39, 0.29) is 0 Å². The molecular weight excluding hydrogens is 755 g/mol. The first-order valence-electron chi connectivity index (χ1n) is 20.4. The van der Waals surface area contributed by atoms with Crippen LogP contribution in [-0.4, -0.2) is 9.13 Å². The van der Waals surface area contributed by atoms with Gasteiger partial charge in [0.15, 0.2) is 0 Å². The highest BCUT2D eigenvalue weighted by Gasteiger charge is 2.24. The van der Waals surface area contributed by atoms with Crippen molar-refractivity contribution in [2.24, 2.45) is 0 Å². The molecule has 0 saturated carbocycles. The molecule has 9 aromatic carbocycles. The topological polar surface area (TPSA) is 81.2 Å². The molecule has 0 N–H and O–H groups in total. The lowest BCUT2D eigenvalue weighted by atomic mass is 9.83. The Morgan fingerprint density at radius 2 is 0.871 bits per heavy atom. The summed E-state index contributed by atoms with van der Waals surface area (Å²) in [6.07, 6.45) is 0. The molecule has 0 atom stereocenters. The molecule has 2 heterocycles. The highest BCUT2D eigenvalue weighted by molar-refractivity contribution is 6.26. The molecule has 11 rings (SSSR count). The van der Waals surface area contributed by atoms with E-state index >= 15 is 0 Å². The number of benzene rings is 9. The third kappa shape index (κ3) is 5.60. The minimum atomic E-state index is 0.388. The predicted octanol–water partition coefficient (Wildman–Crippen LogP) is 14.2. The lowest BCUT2D eigenvalue weighted by Gasteiger charge is -2.17. The van der Waals surface area contributed by atoms with Crippen LogP contribution in [-0.2, 0) is 0 Å². The van der Waals surface area contributed by atoms with E-state index in [9.17, 15) is 15.8 Å². The molecule has 0 aliphatic carbocycles. The first-order valence-corrected chi connectivity index (χ1v) is 20.4. The molecule has 0 saturated heterocycles. The first-order chi connectivity index (χ1) is 30.7. The molecule has 0 unspecified atom stereocenters. The Hall–Kier alpha value is -8.95. The van der Waals surface area contributed by atoms with Gasteiger partial charge in [0.05, 0.1) is 44.8 Å². The Balaban J connectivity index is 1.14. The van der Waals surface area contributed by atoms with E-state index in [4.69, 9.17) is 0 Å². The Morgan fingerprint density at radius 3 is 1.53 bits per heavy atom. The van der Waals surface area contributed by atoms with Gasteiger partial charge >= 0.3 is 0 Å². The summed E-state index contributed by atoms with van der Waals surface area (Å²) in [4.78, 5) is 0. The monoisotopic (exact) mass is 787 g/mol. The van der Waals surface area contributed by atoms with E-state index in [1.54, 1.807) is 0 Å². The average Bonchev–Trinajstić information content (AvgIpc) is 3.86. The van der Waals surface area contributed by atoms with Crippen LogP contribution in [0.1, 0.15) is 16.7 Å². The maximum absolute atomic E-state index is 10.8. The van der Waals surface area contributed by atoms with E-state index < -0.39 is 0 Å². The molecule has 0 fully saturated rings. The molecule has 0 radical (unpaired) electrons. The van der Waals surface area contributed by atoms with Gasteiger partial charge in [0.1, 0.15) is 12.1 Å². The van der Waals surface area contributed by atoms with Crippen LogP contribution in [0.5, 0.6) is 0 Å². The van der Waals surface area contributed by atoms with Gasteiger partial charge in [0.2, 0.25) is 0 Å². The van der Waals surface area contributed by atoms with Gasteiger partial charge < -0.3 is 9.13 Å². The van der Waals surface area contributed by atoms with Crippen LogP contribution in [0.25, 0.3) is 99.5 Å². The van der Waals surface area contributed by atoms with E-state index in [0.29, 0.717) is 27.8 Å². The van der Waals surface area contributed by atoms with Crippen molar-refractivity contribution < 1.29 is 0 Å². The Morgan fingerprint density at radius 1 is 0.339 bits per heavy atom. The number of hydrogen-bond acceptors (Lipinski definition) is 3. The van der Waals surface area contributed by atoms with Crippen LogP contribution in [0, 0.1) is 34.0 Å². The van der Waals surface area contributed by atoms with Gasteiger partial charge in [0.25, 0.3) is 0 Å². The Labute approximate surface area is 358 Å². The van der Waals surface area contributed by atoms with Crippen LogP contribution >= 0.6 is 0 Å². The second-order valence-corrected chi connectivity index (χ2v) is 15.4. The zero-order chi connectivity index (χ0) is 41.7. The molecule has 5 heteroatoms. The van der Waals surface area contributed by atoms with Gasteiger partial charge in [-0.3, -0.25) is 0 Å². The van der Waals surface area contributed by atoms with Gasteiger partial charge in [-0.05, 0) is 88.5 Å². The third-order valence-electron chi connectivity index (χ3n) is 12.1. The van der Waals surface area contributed by atoms with Crippen molar-refractivity contribution in [3.63, 3.8) is 0 Å². The molecule has 0 aliphatic heterocycles. The zero-order valence-corrected chi connectivity index (χ0v) is 33.3. The van der Waals surface area contributed by atoms with Crippen molar-refractivity contribution >= 4 is 43.6 Å². The third-order valence-corrected chi connectivity index (χ3v) is 12.1. The summed E-state index contributed by atoms with van der Waals surface area (Å²) in [6.45, 7) is 0. The lowest BCUT2D eigenvalue weighted by Crippen LogP contribution is -1.98. The predicted molar refractivity (Wildman–Crippen MR) is 251 cm³/mol. The number of aromatic nitrogens is 2. The number of fused-ring (bicyclic) bond motifs is 7. The lowest BCUT2D eigenvalue weighted by molar-refractivity contribution is 1.17. The van der Waals surface area contributed by atoms with Crippen LogP contribution in [0.2, 0.25) is 0 Å². The van der Waals surface area contributed by atoms with Crippen LogP contribution in [0.4, 0.5) is 0 Å². The molecule has 5 nitrogen and oxygen atoms in total. The van der Waals surface area contributed by atoms with Gasteiger partial charge in [-0.15, -0.1) is 0 Å². The second-order valence-electron chi connectivity index (χ2n) is 15.4. The van der Waals surface area contributed by atoms with E-state index in [0.717, 1.165) is 77.6 Å². The largest absolute Gasteiger partial charge is 0.309 e. The van der Waals surface area contributed by atoms with Gasteiger partial charge in [-0.25, -0.2) is 0 Å². The normalized spacial score (nSPS) is 11.2. The Kier molecular flexibility index (Phi) is 8.57. The molecule has 0 spiro atoms. The second kappa shape index (κ2) is 14.7. The molecule has 0 bridgehead atoms. The van der Waals surface area contributed by atoms with Crippen molar-refractivity contribution in [1.82, 2.24) is 9.13 Å². The smallest absolute Gasteiger partial charge is 0.100 e. The highest BCUT2D eigenvalue weighted by Crippen LogP contribution is 2.45. The van der Waals surface area contributed by atoms with E-state index in [1.165, 1.54) is 10.8 Å². The summed E-state index contributed by atoms with van der Waals surface area (Å²) in [5.41, 5.74) is 14.0. The van der Waals surface area contributed by atoms with Crippen LogP contribution in [0.15, 0.2) is 200 Å². The number of nitrogens with zero attached hydrogens (tertiary/aromatic N) is 5. The first kappa shape index (κ1) is 36.2. The summed E-state index contributed by atoms with van der Waals surface area (Å²) in [7, 11) is 0. The van der Waals surface area contributed by atoms with Crippen molar-refractivity contribution in [1.29, 1.82) is 15.8 Å². The average molecular weight is 788 g/mol. The fourth-order valence-electron chi connectivity index (χ4n) is 9.36. The van der Waals surface area contributed by atoms with Crippen molar-refractivity contribution in [2.75, 3.05) is 0 Å². The molecule has 0 amide bonds. The highest BCUT2D eigenvalue weighted by atomic mass is 15.0. The number of nitriles is 3. The fourth-order valence-corrected chi connectivity index (χ4v) is 9.36. The molecule has 62 heavy (non-hydrogen) atoms. The summed E-state index contributed by atoms with van der Waals surface area (Å²) < 4.78 is 4.72. The molecule has 11 aromatic rings. The summed E-state index contributed by atoms with van der Waals surface area (Å²) in [5.74, 6) is 0. The van der Waals surface area contributed by atoms with E-state index in [2.05, 4.69) is 130 Å². The van der Waals surface area contributed by atoms with E-state index in [1.807, 2.05) is 97.1 Å². The van der Waals surface area contributed by atoms with Gasteiger partial charge in [-0.1, -0.05) is 140 Å². The molecule has 286 valence electrons. The van der Waals surface area contributed by atoms with Crippen LogP contribution in [0.3, 0.4) is 0 Å². The zero-order valence-electron chi connectivity index (χ0n) is 33.3. The number of rotatable bonds is 6. The van der Waals surface area contributed by atoms with Crippen LogP contribution < -0.4 is 0 Å². The maximum Gasteiger partial charge on any atom is 0.100 e. The molecule has 0 aliphatic rings. The van der Waals surface area contributed by atoms with Gasteiger partial charge in [-0.2, -0.15) is 15.8 Å².